The molecule has 0 saturated heterocycles. The van der Waals surface area contributed by atoms with Crippen LogP contribution >= 0.6 is 0 Å². The highest BCUT2D eigenvalue weighted by molar-refractivity contribution is 5.69. The van der Waals surface area contributed by atoms with Crippen LogP contribution in [0.3, 0.4) is 0 Å². The van der Waals surface area contributed by atoms with Crippen LogP contribution in [0.1, 0.15) is 0 Å². The van der Waals surface area contributed by atoms with Gasteiger partial charge in [-0.25, -0.2) is 9.67 Å². The summed E-state index contributed by atoms with van der Waals surface area (Å²) in [5.74, 6) is -0.347. The van der Waals surface area contributed by atoms with Crippen LogP contribution in [0.2, 0.25) is 0 Å². The van der Waals surface area contributed by atoms with Gasteiger partial charge >= 0.3 is 5.97 Å². The SMILES string of the molecule is C=CCOC(=O)Cn1cncn1. The van der Waals surface area contributed by atoms with Crippen LogP contribution in [0.25, 0.3) is 0 Å². The molecule has 5 nitrogen and oxygen atoms in total. The third-order valence-corrected chi connectivity index (χ3v) is 1.12. The molecule has 0 aliphatic carbocycles. The zero-order valence-electron chi connectivity index (χ0n) is 6.51. The minimum atomic E-state index is -0.347. The summed E-state index contributed by atoms with van der Waals surface area (Å²) < 4.78 is 6.11. The lowest BCUT2D eigenvalue weighted by Gasteiger charge is -2.00. The number of esters is 1. The molecule has 0 N–H and O–H groups in total. The summed E-state index contributed by atoms with van der Waals surface area (Å²) in [6.07, 6.45) is 4.33. The van der Waals surface area contributed by atoms with Crippen LogP contribution in [-0.4, -0.2) is 27.3 Å². The van der Waals surface area contributed by atoms with Gasteiger partial charge in [-0.05, 0) is 0 Å². The molecule has 0 radical (unpaired) electrons. The Bertz CT molecular complexity index is 256. The number of nitrogens with zero attached hydrogens (tertiary/aromatic N) is 3. The second kappa shape index (κ2) is 4.27. The summed E-state index contributed by atoms with van der Waals surface area (Å²) in [6.45, 7) is 3.74. The first-order chi connectivity index (χ1) is 5.83. The monoisotopic (exact) mass is 167 g/mol. The van der Waals surface area contributed by atoms with E-state index in [0.29, 0.717) is 0 Å². The maximum atomic E-state index is 10.9. The van der Waals surface area contributed by atoms with E-state index in [2.05, 4.69) is 16.7 Å². The average Bonchev–Trinajstić information content (AvgIpc) is 2.53. The molecule has 0 bridgehead atoms. The molecule has 1 rings (SSSR count). The zero-order valence-corrected chi connectivity index (χ0v) is 6.51. The number of aromatic nitrogens is 3. The molecule has 0 saturated carbocycles. The largest absolute Gasteiger partial charge is 0.460 e. The topological polar surface area (TPSA) is 57.0 Å². The Morgan fingerprint density at radius 1 is 1.75 bits per heavy atom. The lowest BCUT2D eigenvalue weighted by molar-refractivity contribution is -0.143. The van der Waals surface area contributed by atoms with Gasteiger partial charge in [-0.2, -0.15) is 5.10 Å². The van der Waals surface area contributed by atoms with Gasteiger partial charge in [0.2, 0.25) is 0 Å². The highest BCUT2D eigenvalue weighted by Crippen LogP contribution is 1.85. The van der Waals surface area contributed by atoms with Crippen molar-refractivity contribution in [2.24, 2.45) is 0 Å². The molecule has 1 heterocycles. The summed E-state index contributed by atoms with van der Waals surface area (Å²) in [7, 11) is 0. The van der Waals surface area contributed by atoms with E-state index in [4.69, 9.17) is 4.74 Å². The molecule has 0 amide bonds. The Labute approximate surface area is 69.7 Å². The molecule has 1 aromatic rings. The van der Waals surface area contributed by atoms with E-state index in [1.165, 1.54) is 23.4 Å². The Morgan fingerprint density at radius 2 is 2.58 bits per heavy atom. The lowest BCUT2D eigenvalue weighted by atomic mass is 10.6. The van der Waals surface area contributed by atoms with Crippen molar-refractivity contribution >= 4 is 5.97 Å². The van der Waals surface area contributed by atoms with Crippen LogP contribution < -0.4 is 0 Å². The van der Waals surface area contributed by atoms with Gasteiger partial charge in [-0.15, -0.1) is 0 Å². The van der Waals surface area contributed by atoms with E-state index < -0.39 is 0 Å². The van der Waals surface area contributed by atoms with E-state index in [1.807, 2.05) is 0 Å². The van der Waals surface area contributed by atoms with Crippen molar-refractivity contribution in [2.45, 2.75) is 6.54 Å². The van der Waals surface area contributed by atoms with Crippen molar-refractivity contribution in [2.75, 3.05) is 6.61 Å². The van der Waals surface area contributed by atoms with Crippen LogP contribution in [0.15, 0.2) is 25.3 Å². The molecule has 0 atom stereocenters. The molecule has 64 valence electrons. The molecular formula is C7H9N3O2. The Hall–Kier alpha value is -1.65. The van der Waals surface area contributed by atoms with Gasteiger partial charge in [0.1, 0.15) is 25.8 Å². The summed E-state index contributed by atoms with van der Waals surface area (Å²) in [5, 5.41) is 3.74. The molecule has 0 spiro atoms. The van der Waals surface area contributed by atoms with Gasteiger partial charge in [-0.3, -0.25) is 4.79 Å². The van der Waals surface area contributed by atoms with Crippen molar-refractivity contribution in [3.63, 3.8) is 0 Å². The van der Waals surface area contributed by atoms with Crippen LogP contribution in [-0.2, 0) is 16.1 Å². The number of rotatable bonds is 4. The van der Waals surface area contributed by atoms with Crippen LogP contribution in [0, 0.1) is 0 Å². The highest BCUT2D eigenvalue weighted by atomic mass is 16.5. The van der Waals surface area contributed by atoms with Crippen molar-refractivity contribution in [3.05, 3.63) is 25.3 Å². The van der Waals surface area contributed by atoms with E-state index in [0.717, 1.165) is 0 Å². The predicted octanol–water partition coefficient (Wildman–Crippen LogP) is 0.00730. The average molecular weight is 167 g/mol. The molecule has 0 aliphatic heterocycles. The summed E-state index contributed by atoms with van der Waals surface area (Å²) >= 11 is 0. The van der Waals surface area contributed by atoms with Crippen molar-refractivity contribution in [3.8, 4) is 0 Å². The standard InChI is InChI=1S/C7H9N3O2/c1-2-3-12-7(11)4-10-6-8-5-9-10/h2,5-6H,1,3-4H2. The van der Waals surface area contributed by atoms with Crippen LogP contribution in [0.5, 0.6) is 0 Å². The summed E-state index contributed by atoms with van der Waals surface area (Å²) in [5.41, 5.74) is 0. The number of hydrogen-bond donors (Lipinski definition) is 0. The van der Waals surface area contributed by atoms with Crippen molar-refractivity contribution < 1.29 is 9.53 Å². The van der Waals surface area contributed by atoms with Crippen molar-refractivity contribution in [1.82, 2.24) is 14.8 Å². The van der Waals surface area contributed by atoms with Crippen molar-refractivity contribution in [1.29, 1.82) is 0 Å². The predicted molar refractivity (Wildman–Crippen MR) is 41.2 cm³/mol. The first-order valence-electron chi connectivity index (χ1n) is 3.42. The second-order valence-corrected chi connectivity index (χ2v) is 2.06. The number of carbonyl (C=O) groups excluding carboxylic acids is 1. The molecule has 12 heavy (non-hydrogen) atoms. The maximum absolute atomic E-state index is 10.9. The fraction of sp³-hybridized carbons (Fsp3) is 0.286. The molecule has 0 fully saturated rings. The first-order valence-corrected chi connectivity index (χ1v) is 3.42. The fourth-order valence-electron chi connectivity index (χ4n) is 0.644. The van der Waals surface area contributed by atoms with Gasteiger partial charge in [0.05, 0.1) is 0 Å². The van der Waals surface area contributed by atoms with Crippen LogP contribution in [0.4, 0.5) is 0 Å². The molecule has 0 aliphatic rings. The van der Waals surface area contributed by atoms with Gasteiger partial charge in [0.15, 0.2) is 0 Å². The number of carbonyl (C=O) groups is 1. The fourth-order valence-corrected chi connectivity index (χ4v) is 0.644. The normalized spacial score (nSPS) is 9.33. The van der Waals surface area contributed by atoms with Gasteiger partial charge in [0, 0.05) is 0 Å². The summed E-state index contributed by atoms with van der Waals surface area (Å²) in [4.78, 5) is 14.6. The molecule has 1 aromatic heterocycles. The Kier molecular flexibility index (Phi) is 3.01. The number of ether oxygens (including phenoxy) is 1. The highest BCUT2D eigenvalue weighted by Gasteiger charge is 2.02. The third kappa shape index (κ3) is 2.53. The quantitative estimate of drug-likeness (QED) is 0.468. The maximum Gasteiger partial charge on any atom is 0.328 e. The third-order valence-electron chi connectivity index (χ3n) is 1.12. The zero-order chi connectivity index (χ0) is 8.81. The molecular weight excluding hydrogens is 158 g/mol. The first kappa shape index (κ1) is 8.45. The molecule has 0 unspecified atom stereocenters. The molecule has 5 heteroatoms. The van der Waals surface area contributed by atoms with E-state index in [1.54, 1.807) is 0 Å². The second-order valence-electron chi connectivity index (χ2n) is 2.06. The molecule has 0 aromatic carbocycles. The van der Waals surface area contributed by atoms with E-state index in [-0.39, 0.29) is 19.1 Å². The minimum absolute atomic E-state index is 0.0911. The Morgan fingerprint density at radius 3 is 3.17 bits per heavy atom. The number of hydrogen-bond acceptors (Lipinski definition) is 4. The smallest absolute Gasteiger partial charge is 0.328 e. The van der Waals surface area contributed by atoms with Gasteiger partial charge < -0.3 is 4.74 Å². The van der Waals surface area contributed by atoms with Gasteiger partial charge in [-0.1, -0.05) is 12.7 Å². The van der Waals surface area contributed by atoms with E-state index in [9.17, 15) is 4.79 Å². The van der Waals surface area contributed by atoms with Gasteiger partial charge in [0.25, 0.3) is 0 Å². The Balaban J connectivity index is 2.32. The minimum Gasteiger partial charge on any atom is -0.460 e. The summed E-state index contributed by atoms with van der Waals surface area (Å²) in [6, 6.07) is 0. The lowest BCUT2D eigenvalue weighted by Crippen LogP contribution is -2.13. The van der Waals surface area contributed by atoms with E-state index >= 15 is 0 Å².